The number of hydrogen-bond acceptors (Lipinski definition) is 2. The molecule has 2 nitrogen and oxygen atoms in total. The topological polar surface area (TPSA) is 21.3 Å². The predicted molar refractivity (Wildman–Crippen MR) is 69.0 cm³/mol. The third kappa shape index (κ3) is 1.87. The summed E-state index contributed by atoms with van der Waals surface area (Å²) in [5, 5.41) is 3.12. The summed E-state index contributed by atoms with van der Waals surface area (Å²) in [7, 11) is 1.88. The Kier molecular flexibility index (Phi) is 2.76. The maximum atomic E-state index is 13.0. The van der Waals surface area contributed by atoms with E-state index in [2.05, 4.69) is 11.4 Å². The Balaban J connectivity index is 2.05. The van der Waals surface area contributed by atoms with Crippen molar-refractivity contribution >= 4 is 0 Å². The summed E-state index contributed by atoms with van der Waals surface area (Å²) in [5.74, 6) is 0.684. The van der Waals surface area contributed by atoms with Crippen LogP contribution in [0.5, 0.6) is 5.75 Å². The number of benzene rings is 2. The Morgan fingerprint density at radius 1 is 1.17 bits per heavy atom. The van der Waals surface area contributed by atoms with Crippen LogP contribution in [0, 0.1) is 5.82 Å². The maximum absolute atomic E-state index is 13.0. The molecule has 0 saturated heterocycles. The predicted octanol–water partition coefficient (Wildman–Crippen LogP) is 2.97. The van der Waals surface area contributed by atoms with E-state index in [0.29, 0.717) is 0 Å². The van der Waals surface area contributed by atoms with Gasteiger partial charge in [0.05, 0.1) is 0 Å². The van der Waals surface area contributed by atoms with Gasteiger partial charge in [-0.3, -0.25) is 5.32 Å². The van der Waals surface area contributed by atoms with Crippen LogP contribution in [-0.2, 0) is 6.42 Å². The highest BCUT2D eigenvalue weighted by Crippen LogP contribution is 2.38. The highest BCUT2D eigenvalue weighted by Gasteiger charge is 2.24. The fraction of sp³-hybridized carbons (Fsp3) is 0.200. The largest absolute Gasteiger partial charge is 0.474 e. The van der Waals surface area contributed by atoms with Crippen molar-refractivity contribution in [1.82, 2.24) is 5.32 Å². The van der Waals surface area contributed by atoms with Crippen LogP contribution in [0.15, 0.2) is 42.5 Å². The molecular formula is C15H14FNO. The van der Waals surface area contributed by atoms with Gasteiger partial charge in [-0.25, -0.2) is 4.39 Å². The van der Waals surface area contributed by atoms with Crippen molar-refractivity contribution in [2.45, 2.75) is 12.6 Å². The average Bonchev–Trinajstić information content (AvgIpc) is 2.82. The van der Waals surface area contributed by atoms with E-state index in [1.54, 1.807) is 12.1 Å². The number of hydrogen-bond donors (Lipinski definition) is 1. The molecule has 0 fully saturated rings. The van der Waals surface area contributed by atoms with Crippen molar-refractivity contribution in [3.63, 3.8) is 0 Å². The molecule has 3 rings (SSSR count). The van der Waals surface area contributed by atoms with Gasteiger partial charge in [0.2, 0.25) is 0 Å². The minimum atomic E-state index is -0.222. The monoisotopic (exact) mass is 243 g/mol. The third-order valence-corrected chi connectivity index (χ3v) is 3.24. The van der Waals surface area contributed by atoms with E-state index in [0.717, 1.165) is 23.3 Å². The Morgan fingerprint density at radius 2 is 1.94 bits per heavy atom. The van der Waals surface area contributed by atoms with Gasteiger partial charge in [0, 0.05) is 12.0 Å². The summed E-state index contributed by atoms with van der Waals surface area (Å²) in [5.41, 5.74) is 3.19. The van der Waals surface area contributed by atoms with E-state index in [9.17, 15) is 4.39 Å². The lowest BCUT2D eigenvalue weighted by atomic mass is 10.0. The summed E-state index contributed by atoms with van der Waals surface area (Å²) >= 11 is 0. The zero-order chi connectivity index (χ0) is 12.5. The normalized spacial score (nSPS) is 17.3. The van der Waals surface area contributed by atoms with Crippen molar-refractivity contribution in [1.29, 1.82) is 0 Å². The van der Waals surface area contributed by atoms with Gasteiger partial charge in [0.1, 0.15) is 11.6 Å². The fourth-order valence-electron chi connectivity index (χ4n) is 2.29. The van der Waals surface area contributed by atoms with Crippen LogP contribution in [0.2, 0.25) is 0 Å². The van der Waals surface area contributed by atoms with E-state index >= 15 is 0 Å². The first-order chi connectivity index (χ1) is 8.78. The first kappa shape index (κ1) is 11.2. The fourth-order valence-corrected chi connectivity index (χ4v) is 2.29. The molecule has 0 saturated carbocycles. The number of nitrogens with one attached hydrogen (secondary N) is 1. The number of fused-ring (bicyclic) bond motifs is 1. The highest BCUT2D eigenvalue weighted by atomic mass is 19.1. The van der Waals surface area contributed by atoms with Crippen LogP contribution in [-0.4, -0.2) is 13.3 Å². The lowest BCUT2D eigenvalue weighted by Gasteiger charge is -2.11. The third-order valence-electron chi connectivity index (χ3n) is 3.24. The van der Waals surface area contributed by atoms with E-state index in [1.807, 2.05) is 19.2 Å². The van der Waals surface area contributed by atoms with E-state index in [1.165, 1.54) is 17.7 Å². The van der Waals surface area contributed by atoms with Crippen molar-refractivity contribution in [3.05, 3.63) is 53.8 Å². The SMILES string of the molecule is CNC1Cc2cccc(-c3ccc(F)cc3)c2O1. The minimum Gasteiger partial charge on any atom is -0.474 e. The van der Waals surface area contributed by atoms with Crippen LogP contribution in [0.3, 0.4) is 0 Å². The molecule has 0 amide bonds. The Bertz CT molecular complexity index is 565. The molecule has 3 heteroatoms. The smallest absolute Gasteiger partial charge is 0.154 e. The number of halogens is 1. The molecule has 1 unspecified atom stereocenters. The molecule has 1 heterocycles. The van der Waals surface area contributed by atoms with Crippen molar-refractivity contribution in [3.8, 4) is 16.9 Å². The second-order valence-electron chi connectivity index (χ2n) is 4.40. The van der Waals surface area contributed by atoms with Gasteiger partial charge in [0.15, 0.2) is 6.23 Å². The molecule has 0 bridgehead atoms. The van der Waals surface area contributed by atoms with Gasteiger partial charge >= 0.3 is 0 Å². The molecule has 92 valence electrons. The molecule has 1 N–H and O–H groups in total. The summed E-state index contributed by atoms with van der Waals surface area (Å²) in [6, 6.07) is 12.6. The molecule has 1 aliphatic heterocycles. The summed E-state index contributed by atoms with van der Waals surface area (Å²) < 4.78 is 18.8. The minimum absolute atomic E-state index is 0.0293. The zero-order valence-corrected chi connectivity index (χ0v) is 10.1. The second kappa shape index (κ2) is 4.42. The van der Waals surface area contributed by atoms with Gasteiger partial charge in [0.25, 0.3) is 0 Å². The Hall–Kier alpha value is -1.87. The van der Waals surface area contributed by atoms with Crippen LogP contribution in [0.1, 0.15) is 5.56 Å². The van der Waals surface area contributed by atoms with Gasteiger partial charge < -0.3 is 4.74 Å². The summed E-state index contributed by atoms with van der Waals surface area (Å²) in [6.07, 6.45) is 0.891. The molecule has 0 aromatic heterocycles. The number of likely N-dealkylation sites (N-methyl/N-ethyl adjacent to an activating group) is 1. The quantitative estimate of drug-likeness (QED) is 0.875. The van der Waals surface area contributed by atoms with Crippen LogP contribution in [0.4, 0.5) is 4.39 Å². The van der Waals surface area contributed by atoms with Crippen LogP contribution in [0.25, 0.3) is 11.1 Å². The number of para-hydroxylation sites is 1. The highest BCUT2D eigenvalue weighted by molar-refractivity contribution is 5.72. The van der Waals surface area contributed by atoms with Crippen molar-refractivity contribution < 1.29 is 9.13 Å². The molecule has 1 atom stereocenters. The molecular weight excluding hydrogens is 229 g/mol. The second-order valence-corrected chi connectivity index (χ2v) is 4.40. The lowest BCUT2D eigenvalue weighted by Crippen LogP contribution is -2.29. The van der Waals surface area contributed by atoms with Crippen molar-refractivity contribution in [2.75, 3.05) is 7.05 Å². The zero-order valence-electron chi connectivity index (χ0n) is 10.1. The maximum Gasteiger partial charge on any atom is 0.154 e. The van der Waals surface area contributed by atoms with Gasteiger partial charge in [-0.1, -0.05) is 30.3 Å². The standard InChI is InChI=1S/C15H14FNO/c1-17-14-9-11-3-2-4-13(15(11)18-14)10-5-7-12(16)8-6-10/h2-8,14,17H,9H2,1H3. The first-order valence-corrected chi connectivity index (χ1v) is 5.99. The van der Waals surface area contributed by atoms with E-state index in [4.69, 9.17) is 4.74 Å². The lowest BCUT2D eigenvalue weighted by molar-refractivity contribution is 0.204. The number of rotatable bonds is 2. The summed E-state index contributed by atoms with van der Waals surface area (Å²) in [4.78, 5) is 0. The number of ether oxygens (including phenoxy) is 1. The first-order valence-electron chi connectivity index (χ1n) is 5.99. The molecule has 0 aliphatic carbocycles. The van der Waals surface area contributed by atoms with Gasteiger partial charge in [-0.05, 0) is 30.3 Å². The average molecular weight is 243 g/mol. The van der Waals surface area contributed by atoms with Crippen LogP contribution >= 0.6 is 0 Å². The van der Waals surface area contributed by atoms with E-state index in [-0.39, 0.29) is 12.0 Å². The summed E-state index contributed by atoms with van der Waals surface area (Å²) in [6.45, 7) is 0. The van der Waals surface area contributed by atoms with Crippen LogP contribution < -0.4 is 10.1 Å². The van der Waals surface area contributed by atoms with Gasteiger partial charge in [-0.2, -0.15) is 0 Å². The molecule has 1 aliphatic rings. The molecule has 18 heavy (non-hydrogen) atoms. The van der Waals surface area contributed by atoms with Crippen molar-refractivity contribution in [2.24, 2.45) is 0 Å². The molecule has 2 aromatic carbocycles. The van der Waals surface area contributed by atoms with Gasteiger partial charge in [-0.15, -0.1) is 0 Å². The molecule has 2 aromatic rings. The Labute approximate surface area is 105 Å². The molecule has 0 radical (unpaired) electrons. The molecule has 0 spiro atoms. The Morgan fingerprint density at radius 3 is 2.67 bits per heavy atom. The van der Waals surface area contributed by atoms with E-state index < -0.39 is 0 Å².